The molecular weight excluding hydrogens is 285 g/mol. The van der Waals surface area contributed by atoms with E-state index in [1.807, 2.05) is 17.0 Å². The van der Waals surface area contributed by atoms with Gasteiger partial charge in [-0.25, -0.2) is 4.39 Å². The van der Waals surface area contributed by atoms with Gasteiger partial charge in [-0.05, 0) is 42.9 Å². The zero-order valence-electron chi connectivity index (χ0n) is 13.1. The van der Waals surface area contributed by atoms with Gasteiger partial charge in [0.15, 0.2) is 0 Å². The highest BCUT2D eigenvalue weighted by atomic mass is 19.1. The SMILES string of the molecule is COCCOCC(=O)N1CCC(Cc2ccc(F)cc2)CC1. The predicted molar refractivity (Wildman–Crippen MR) is 82.1 cm³/mol. The highest BCUT2D eigenvalue weighted by Gasteiger charge is 2.22. The molecule has 5 heteroatoms. The number of likely N-dealkylation sites (tertiary alicyclic amines) is 1. The molecule has 122 valence electrons. The first kappa shape index (κ1) is 16.9. The Labute approximate surface area is 131 Å². The molecule has 1 amide bonds. The Bertz CT molecular complexity index is 455. The van der Waals surface area contributed by atoms with E-state index in [9.17, 15) is 9.18 Å². The molecular formula is C17H24FNO3. The van der Waals surface area contributed by atoms with Crippen LogP contribution < -0.4 is 0 Å². The number of hydrogen-bond donors (Lipinski definition) is 0. The lowest BCUT2D eigenvalue weighted by atomic mass is 9.90. The van der Waals surface area contributed by atoms with Gasteiger partial charge in [0.05, 0.1) is 13.2 Å². The molecule has 1 aliphatic rings. The third-order valence-electron chi connectivity index (χ3n) is 4.06. The summed E-state index contributed by atoms with van der Waals surface area (Å²) in [6.07, 6.45) is 2.93. The highest BCUT2D eigenvalue weighted by molar-refractivity contribution is 5.77. The molecule has 1 aromatic rings. The average molecular weight is 309 g/mol. The third kappa shape index (κ3) is 5.39. The van der Waals surface area contributed by atoms with Crippen molar-refractivity contribution in [2.24, 2.45) is 5.92 Å². The summed E-state index contributed by atoms with van der Waals surface area (Å²) in [5.41, 5.74) is 1.16. The first-order valence-electron chi connectivity index (χ1n) is 7.78. The summed E-state index contributed by atoms with van der Waals surface area (Å²) < 4.78 is 23.0. The third-order valence-corrected chi connectivity index (χ3v) is 4.06. The number of rotatable bonds is 7. The second-order valence-corrected chi connectivity index (χ2v) is 5.70. The van der Waals surface area contributed by atoms with Crippen LogP contribution in [0.4, 0.5) is 4.39 Å². The Morgan fingerprint density at radius 2 is 1.91 bits per heavy atom. The summed E-state index contributed by atoms with van der Waals surface area (Å²) in [4.78, 5) is 13.9. The van der Waals surface area contributed by atoms with E-state index in [1.54, 1.807) is 7.11 Å². The van der Waals surface area contributed by atoms with Crippen LogP contribution in [-0.4, -0.2) is 50.8 Å². The number of nitrogens with zero attached hydrogens (tertiary/aromatic N) is 1. The van der Waals surface area contributed by atoms with Crippen LogP contribution in [0.25, 0.3) is 0 Å². The monoisotopic (exact) mass is 309 g/mol. The fraction of sp³-hybridized carbons (Fsp3) is 0.588. The van der Waals surface area contributed by atoms with Gasteiger partial charge in [0.2, 0.25) is 5.91 Å². The van der Waals surface area contributed by atoms with Gasteiger partial charge in [0.1, 0.15) is 12.4 Å². The largest absolute Gasteiger partial charge is 0.382 e. The molecule has 0 atom stereocenters. The number of piperidine rings is 1. The summed E-state index contributed by atoms with van der Waals surface area (Å²) in [5.74, 6) is 0.415. The number of amides is 1. The summed E-state index contributed by atoms with van der Waals surface area (Å²) >= 11 is 0. The molecule has 22 heavy (non-hydrogen) atoms. The lowest BCUT2D eigenvalue weighted by molar-refractivity contribution is -0.137. The van der Waals surface area contributed by atoms with Gasteiger partial charge in [0.25, 0.3) is 0 Å². The molecule has 0 aromatic heterocycles. The van der Waals surface area contributed by atoms with Gasteiger partial charge in [-0.1, -0.05) is 12.1 Å². The Kier molecular flexibility index (Phi) is 6.80. The summed E-state index contributed by atoms with van der Waals surface area (Å²) in [7, 11) is 1.61. The summed E-state index contributed by atoms with van der Waals surface area (Å²) in [5, 5.41) is 0. The number of carbonyl (C=O) groups excluding carboxylic acids is 1. The molecule has 0 unspecified atom stereocenters. The van der Waals surface area contributed by atoms with Gasteiger partial charge in [-0.3, -0.25) is 4.79 Å². The lowest BCUT2D eigenvalue weighted by Crippen LogP contribution is -2.40. The standard InChI is InChI=1S/C17H24FNO3/c1-21-10-11-22-13-17(20)19-8-6-15(7-9-19)12-14-2-4-16(18)5-3-14/h2-5,15H,6-13H2,1H3. The van der Waals surface area contributed by atoms with Crippen molar-refractivity contribution in [3.8, 4) is 0 Å². The second-order valence-electron chi connectivity index (χ2n) is 5.70. The Morgan fingerprint density at radius 1 is 1.23 bits per heavy atom. The van der Waals surface area contributed by atoms with Crippen molar-refractivity contribution >= 4 is 5.91 Å². The smallest absolute Gasteiger partial charge is 0.248 e. The van der Waals surface area contributed by atoms with Crippen molar-refractivity contribution in [2.45, 2.75) is 19.3 Å². The van der Waals surface area contributed by atoms with Gasteiger partial charge in [-0.2, -0.15) is 0 Å². The fourth-order valence-corrected chi connectivity index (χ4v) is 2.73. The van der Waals surface area contributed by atoms with E-state index in [1.165, 1.54) is 12.1 Å². The number of carbonyl (C=O) groups is 1. The zero-order valence-corrected chi connectivity index (χ0v) is 13.1. The quantitative estimate of drug-likeness (QED) is 0.725. The lowest BCUT2D eigenvalue weighted by Gasteiger charge is -2.32. The van der Waals surface area contributed by atoms with E-state index in [2.05, 4.69) is 0 Å². The molecule has 1 aromatic carbocycles. The number of hydrogen-bond acceptors (Lipinski definition) is 3. The van der Waals surface area contributed by atoms with Gasteiger partial charge < -0.3 is 14.4 Å². The number of halogens is 1. The molecule has 2 rings (SSSR count). The summed E-state index contributed by atoms with van der Waals surface area (Å²) in [6, 6.07) is 6.70. The van der Waals surface area contributed by atoms with Crippen LogP contribution >= 0.6 is 0 Å². The van der Waals surface area contributed by atoms with Gasteiger partial charge in [-0.15, -0.1) is 0 Å². The molecule has 1 heterocycles. The van der Waals surface area contributed by atoms with Crippen LogP contribution in [-0.2, 0) is 20.7 Å². The summed E-state index contributed by atoms with van der Waals surface area (Å²) in [6.45, 7) is 2.64. The zero-order chi connectivity index (χ0) is 15.8. The molecule has 0 bridgehead atoms. The van der Waals surface area contributed by atoms with Crippen LogP contribution in [0.5, 0.6) is 0 Å². The molecule has 0 N–H and O–H groups in total. The predicted octanol–water partition coefficient (Wildman–Crippen LogP) is 2.27. The maximum atomic E-state index is 12.9. The van der Waals surface area contributed by atoms with Crippen molar-refractivity contribution in [3.63, 3.8) is 0 Å². The topological polar surface area (TPSA) is 38.8 Å². The Hall–Kier alpha value is -1.46. The van der Waals surface area contributed by atoms with Crippen LogP contribution in [0.2, 0.25) is 0 Å². The normalized spacial score (nSPS) is 16.0. The van der Waals surface area contributed by atoms with E-state index in [-0.39, 0.29) is 18.3 Å². The average Bonchev–Trinajstić information content (AvgIpc) is 2.54. The maximum absolute atomic E-state index is 12.9. The molecule has 0 saturated carbocycles. The first-order chi connectivity index (χ1) is 10.7. The van der Waals surface area contributed by atoms with E-state index < -0.39 is 0 Å². The van der Waals surface area contributed by atoms with E-state index >= 15 is 0 Å². The minimum atomic E-state index is -0.197. The minimum Gasteiger partial charge on any atom is -0.382 e. The van der Waals surface area contributed by atoms with Gasteiger partial charge in [0, 0.05) is 20.2 Å². The molecule has 0 spiro atoms. The maximum Gasteiger partial charge on any atom is 0.248 e. The van der Waals surface area contributed by atoms with Crippen LogP contribution in [0.3, 0.4) is 0 Å². The second kappa shape index (κ2) is 8.86. The van der Waals surface area contributed by atoms with E-state index in [0.29, 0.717) is 19.1 Å². The number of benzene rings is 1. The van der Waals surface area contributed by atoms with Crippen molar-refractivity contribution in [2.75, 3.05) is 40.0 Å². The van der Waals surface area contributed by atoms with Crippen molar-refractivity contribution in [1.29, 1.82) is 0 Å². The highest BCUT2D eigenvalue weighted by Crippen LogP contribution is 2.22. The minimum absolute atomic E-state index is 0.0522. The molecule has 1 fully saturated rings. The Morgan fingerprint density at radius 3 is 2.55 bits per heavy atom. The number of methoxy groups -OCH3 is 1. The number of ether oxygens (including phenoxy) is 2. The van der Waals surface area contributed by atoms with Crippen LogP contribution in [0, 0.1) is 11.7 Å². The van der Waals surface area contributed by atoms with E-state index in [0.717, 1.165) is 37.9 Å². The molecule has 1 aliphatic heterocycles. The first-order valence-corrected chi connectivity index (χ1v) is 7.78. The van der Waals surface area contributed by atoms with Gasteiger partial charge >= 0.3 is 0 Å². The van der Waals surface area contributed by atoms with Crippen molar-refractivity contribution in [1.82, 2.24) is 4.90 Å². The molecule has 1 saturated heterocycles. The fourth-order valence-electron chi connectivity index (χ4n) is 2.73. The molecule has 0 radical (unpaired) electrons. The Balaban J connectivity index is 1.68. The van der Waals surface area contributed by atoms with Crippen molar-refractivity contribution in [3.05, 3.63) is 35.6 Å². The molecule has 0 aliphatic carbocycles. The van der Waals surface area contributed by atoms with E-state index in [4.69, 9.17) is 9.47 Å². The van der Waals surface area contributed by atoms with Crippen LogP contribution in [0.15, 0.2) is 24.3 Å². The van der Waals surface area contributed by atoms with Crippen LogP contribution in [0.1, 0.15) is 18.4 Å². The molecule has 4 nitrogen and oxygen atoms in total. The van der Waals surface area contributed by atoms with Crippen molar-refractivity contribution < 1.29 is 18.7 Å².